The number of likely N-dealkylation sites (tertiary alicyclic amines) is 1. The molecule has 1 aliphatic heterocycles. The minimum atomic E-state index is 0.177. The van der Waals surface area contributed by atoms with Gasteiger partial charge in [-0.05, 0) is 52.0 Å². The van der Waals surface area contributed by atoms with E-state index in [1.807, 2.05) is 19.9 Å². The molecule has 1 saturated carbocycles. The molecule has 1 saturated heterocycles. The average Bonchev–Trinajstić information content (AvgIpc) is 2.87. The summed E-state index contributed by atoms with van der Waals surface area (Å²) >= 11 is 0. The van der Waals surface area contributed by atoms with Crippen molar-refractivity contribution in [3.8, 4) is 0 Å². The summed E-state index contributed by atoms with van der Waals surface area (Å²) in [5, 5.41) is 0. The van der Waals surface area contributed by atoms with Crippen molar-refractivity contribution in [2.24, 2.45) is 5.92 Å². The molecule has 3 atom stereocenters. The molecule has 0 bridgehead atoms. The monoisotopic (exact) mass is 261 g/mol. The number of rotatable bonds is 1. The number of nitrogens with zero attached hydrogens (tertiary/aromatic N) is 1. The molecule has 0 spiro atoms. The molecule has 1 aromatic rings. The summed E-state index contributed by atoms with van der Waals surface area (Å²) in [6, 6.07) is 2.72. The Balaban J connectivity index is 1.88. The summed E-state index contributed by atoms with van der Waals surface area (Å²) in [6.45, 7) is 5.98. The number of fused-ring (bicyclic) bond motifs is 1. The topological polar surface area (TPSA) is 33.5 Å². The van der Waals surface area contributed by atoms with Gasteiger partial charge in [-0.15, -0.1) is 0 Å². The van der Waals surface area contributed by atoms with Crippen molar-refractivity contribution in [1.82, 2.24) is 4.90 Å². The van der Waals surface area contributed by atoms with Crippen LogP contribution in [0.1, 0.15) is 60.9 Å². The van der Waals surface area contributed by atoms with E-state index in [1.54, 1.807) is 0 Å². The van der Waals surface area contributed by atoms with E-state index in [0.29, 0.717) is 12.1 Å². The van der Waals surface area contributed by atoms with Gasteiger partial charge in [-0.2, -0.15) is 0 Å². The maximum atomic E-state index is 12.8. The predicted molar refractivity (Wildman–Crippen MR) is 74.2 cm³/mol. The Kier molecular flexibility index (Phi) is 3.15. The molecule has 3 nitrogen and oxygen atoms in total. The van der Waals surface area contributed by atoms with Crippen molar-refractivity contribution in [3.63, 3.8) is 0 Å². The predicted octanol–water partition coefficient (Wildman–Crippen LogP) is 3.69. The third kappa shape index (κ3) is 2.09. The van der Waals surface area contributed by atoms with E-state index in [9.17, 15) is 4.79 Å². The minimum Gasteiger partial charge on any atom is -0.466 e. The van der Waals surface area contributed by atoms with Crippen molar-refractivity contribution in [2.45, 2.75) is 65.0 Å². The highest BCUT2D eigenvalue weighted by molar-refractivity contribution is 5.96. The zero-order valence-corrected chi connectivity index (χ0v) is 12.1. The van der Waals surface area contributed by atoms with E-state index in [1.165, 1.54) is 32.1 Å². The quantitative estimate of drug-likeness (QED) is 0.772. The molecule has 104 valence electrons. The second-order valence-corrected chi connectivity index (χ2v) is 6.24. The lowest BCUT2D eigenvalue weighted by Crippen LogP contribution is -2.42. The fourth-order valence-electron chi connectivity index (χ4n) is 4.04. The summed E-state index contributed by atoms with van der Waals surface area (Å²) in [4.78, 5) is 15.0. The Hall–Kier alpha value is -1.25. The largest absolute Gasteiger partial charge is 0.466 e. The molecule has 0 aromatic carbocycles. The van der Waals surface area contributed by atoms with Crippen LogP contribution in [-0.4, -0.2) is 22.9 Å². The number of carbonyl (C=O) groups is 1. The number of carbonyl (C=O) groups excluding carboxylic acids is 1. The first kappa shape index (κ1) is 12.8. The third-order valence-electron chi connectivity index (χ3n) is 4.85. The van der Waals surface area contributed by atoms with Crippen LogP contribution in [0.3, 0.4) is 0 Å². The molecular weight excluding hydrogens is 238 g/mol. The van der Waals surface area contributed by atoms with E-state index in [0.717, 1.165) is 23.0 Å². The lowest BCUT2D eigenvalue weighted by Gasteiger charge is -2.33. The normalized spacial score (nSPS) is 30.5. The summed E-state index contributed by atoms with van der Waals surface area (Å²) in [7, 11) is 0. The second-order valence-electron chi connectivity index (χ2n) is 6.24. The summed E-state index contributed by atoms with van der Waals surface area (Å²) < 4.78 is 5.52. The van der Waals surface area contributed by atoms with Crippen LogP contribution in [0, 0.1) is 19.8 Å². The van der Waals surface area contributed by atoms with Gasteiger partial charge in [0.15, 0.2) is 0 Å². The average molecular weight is 261 g/mol. The molecule has 19 heavy (non-hydrogen) atoms. The molecule has 3 rings (SSSR count). The van der Waals surface area contributed by atoms with E-state index >= 15 is 0 Å². The molecule has 2 aliphatic rings. The summed E-state index contributed by atoms with van der Waals surface area (Å²) in [5.74, 6) is 2.49. The highest BCUT2D eigenvalue weighted by atomic mass is 16.3. The molecule has 0 radical (unpaired) electrons. The second kappa shape index (κ2) is 4.69. The number of hydrogen-bond donors (Lipinski definition) is 0. The maximum absolute atomic E-state index is 12.8. The Morgan fingerprint density at radius 1 is 1.32 bits per heavy atom. The summed E-state index contributed by atoms with van der Waals surface area (Å²) in [6.07, 6.45) is 6.24. The van der Waals surface area contributed by atoms with Crippen molar-refractivity contribution in [3.05, 3.63) is 23.2 Å². The number of furan rings is 1. The molecule has 2 fully saturated rings. The molecule has 1 amide bonds. The van der Waals surface area contributed by atoms with E-state index in [4.69, 9.17) is 4.42 Å². The summed E-state index contributed by atoms with van der Waals surface area (Å²) in [5.41, 5.74) is 0.760. The lowest BCUT2D eigenvalue weighted by atomic mass is 9.85. The Bertz CT molecular complexity index is 491. The van der Waals surface area contributed by atoms with Crippen LogP contribution >= 0.6 is 0 Å². The molecule has 1 aromatic heterocycles. The first-order valence-corrected chi connectivity index (χ1v) is 7.47. The molecular formula is C16H23NO2. The fourth-order valence-corrected chi connectivity index (χ4v) is 4.04. The number of aryl methyl sites for hydroxylation is 2. The first-order chi connectivity index (χ1) is 9.08. The fraction of sp³-hybridized carbons (Fsp3) is 0.688. The van der Waals surface area contributed by atoms with Gasteiger partial charge in [0.25, 0.3) is 5.91 Å². The van der Waals surface area contributed by atoms with Crippen molar-refractivity contribution in [2.75, 3.05) is 0 Å². The van der Waals surface area contributed by atoms with E-state index in [-0.39, 0.29) is 5.91 Å². The van der Waals surface area contributed by atoms with Gasteiger partial charge >= 0.3 is 0 Å². The van der Waals surface area contributed by atoms with Crippen LogP contribution in [0.25, 0.3) is 0 Å². The van der Waals surface area contributed by atoms with Crippen molar-refractivity contribution < 1.29 is 9.21 Å². The smallest absolute Gasteiger partial charge is 0.257 e. The Labute approximate surface area is 115 Å². The zero-order valence-electron chi connectivity index (χ0n) is 12.1. The van der Waals surface area contributed by atoms with Crippen molar-refractivity contribution in [1.29, 1.82) is 0 Å². The van der Waals surface area contributed by atoms with Crippen LogP contribution in [0.4, 0.5) is 0 Å². The van der Waals surface area contributed by atoms with Gasteiger partial charge in [0.2, 0.25) is 0 Å². The van der Waals surface area contributed by atoms with Crippen LogP contribution < -0.4 is 0 Å². The molecule has 3 heteroatoms. The number of amides is 1. The first-order valence-electron chi connectivity index (χ1n) is 7.47. The van der Waals surface area contributed by atoms with E-state index < -0.39 is 0 Å². The molecule has 3 unspecified atom stereocenters. The van der Waals surface area contributed by atoms with Crippen LogP contribution in [0.15, 0.2) is 10.5 Å². The highest BCUT2D eigenvalue weighted by Gasteiger charge is 2.43. The highest BCUT2D eigenvalue weighted by Crippen LogP contribution is 2.40. The van der Waals surface area contributed by atoms with Gasteiger partial charge in [-0.25, -0.2) is 0 Å². The number of hydrogen-bond acceptors (Lipinski definition) is 2. The van der Waals surface area contributed by atoms with Crippen LogP contribution in [0.2, 0.25) is 0 Å². The van der Waals surface area contributed by atoms with Gasteiger partial charge in [0, 0.05) is 12.1 Å². The maximum Gasteiger partial charge on any atom is 0.257 e. The Morgan fingerprint density at radius 3 is 2.74 bits per heavy atom. The zero-order chi connectivity index (χ0) is 13.6. The van der Waals surface area contributed by atoms with E-state index in [2.05, 4.69) is 11.8 Å². The Morgan fingerprint density at radius 2 is 2.05 bits per heavy atom. The SMILES string of the molecule is Cc1cc(C(=O)N2C(C)CC3CCCCC32)c(C)o1. The molecule has 2 heterocycles. The molecule has 1 aliphatic carbocycles. The minimum absolute atomic E-state index is 0.177. The van der Waals surface area contributed by atoms with Crippen LogP contribution in [0.5, 0.6) is 0 Å². The van der Waals surface area contributed by atoms with Crippen LogP contribution in [-0.2, 0) is 0 Å². The standard InChI is InChI=1S/C16H23NO2/c1-10-8-13-6-4-5-7-15(13)17(10)16(18)14-9-11(2)19-12(14)3/h9-10,13,15H,4-8H2,1-3H3. The van der Waals surface area contributed by atoms with Gasteiger partial charge in [-0.3, -0.25) is 4.79 Å². The van der Waals surface area contributed by atoms with Crippen molar-refractivity contribution >= 4 is 5.91 Å². The van der Waals surface area contributed by atoms with Gasteiger partial charge < -0.3 is 9.32 Å². The van der Waals surface area contributed by atoms with Gasteiger partial charge in [0.1, 0.15) is 11.5 Å². The lowest BCUT2D eigenvalue weighted by molar-refractivity contribution is 0.0632. The van der Waals surface area contributed by atoms with Gasteiger partial charge in [0.05, 0.1) is 5.56 Å². The third-order valence-corrected chi connectivity index (χ3v) is 4.85. The van der Waals surface area contributed by atoms with Gasteiger partial charge in [-0.1, -0.05) is 12.8 Å². The molecule has 0 N–H and O–H groups in total.